The van der Waals surface area contributed by atoms with Gasteiger partial charge in [0, 0.05) is 4.83 Å². The van der Waals surface area contributed by atoms with Crippen molar-refractivity contribution in [2.24, 2.45) is 0 Å². The molecule has 0 amide bonds. The Morgan fingerprint density at radius 2 is 1.19 bits per heavy atom. The van der Waals surface area contributed by atoms with Gasteiger partial charge in [-0.2, -0.15) is 0 Å². The molecule has 0 aliphatic heterocycles. The molecule has 0 bridgehead atoms. The Labute approximate surface area is 105 Å². The third-order valence-electron chi connectivity index (χ3n) is 2.88. The molecule has 2 aromatic rings. The van der Waals surface area contributed by atoms with Gasteiger partial charge in [0.2, 0.25) is 0 Å². The van der Waals surface area contributed by atoms with E-state index >= 15 is 0 Å². The van der Waals surface area contributed by atoms with Gasteiger partial charge < -0.3 is 0 Å². The number of rotatable bonds is 3. The van der Waals surface area contributed by atoms with Gasteiger partial charge >= 0.3 is 0 Å². The molecule has 0 aromatic heterocycles. The van der Waals surface area contributed by atoms with E-state index in [2.05, 4.69) is 83.5 Å². The summed E-state index contributed by atoms with van der Waals surface area (Å²) in [5.74, 6) is 0.476. The molecule has 2 aromatic carbocycles. The van der Waals surface area contributed by atoms with Crippen LogP contribution in [0.4, 0.5) is 0 Å². The molecule has 16 heavy (non-hydrogen) atoms. The molecule has 0 aliphatic rings. The zero-order chi connectivity index (χ0) is 11.4. The molecule has 1 heteroatoms. The minimum atomic E-state index is 0.371. The minimum absolute atomic E-state index is 0.371. The second-order valence-corrected chi connectivity index (χ2v) is 5.00. The van der Waals surface area contributed by atoms with Gasteiger partial charge in [0.25, 0.3) is 0 Å². The first-order valence-electron chi connectivity index (χ1n) is 5.53. The fourth-order valence-corrected chi connectivity index (χ4v) is 2.46. The number of benzene rings is 2. The molecule has 0 saturated heterocycles. The van der Waals surface area contributed by atoms with Crippen molar-refractivity contribution in [2.45, 2.75) is 17.7 Å². The van der Waals surface area contributed by atoms with Crippen LogP contribution in [0.1, 0.15) is 28.8 Å². The highest BCUT2D eigenvalue weighted by atomic mass is 79.9. The van der Waals surface area contributed by atoms with Gasteiger partial charge in [-0.25, -0.2) is 0 Å². The third kappa shape index (κ3) is 2.53. The molecule has 0 fully saturated rings. The van der Waals surface area contributed by atoms with Crippen LogP contribution in [0.15, 0.2) is 60.7 Å². The van der Waals surface area contributed by atoms with Crippen LogP contribution >= 0.6 is 15.9 Å². The number of hydrogen-bond acceptors (Lipinski definition) is 0. The summed E-state index contributed by atoms with van der Waals surface area (Å²) in [6.45, 7) is 2.25. The topological polar surface area (TPSA) is 0 Å². The first kappa shape index (κ1) is 11.4. The van der Waals surface area contributed by atoms with E-state index in [4.69, 9.17) is 0 Å². The van der Waals surface area contributed by atoms with Crippen LogP contribution in [-0.2, 0) is 0 Å². The van der Waals surface area contributed by atoms with E-state index in [1.54, 1.807) is 0 Å². The quantitative estimate of drug-likeness (QED) is 0.697. The summed E-state index contributed by atoms with van der Waals surface area (Å²) in [7, 11) is 0. The number of alkyl halides is 1. The Kier molecular flexibility index (Phi) is 3.79. The Morgan fingerprint density at radius 3 is 1.69 bits per heavy atom. The van der Waals surface area contributed by atoms with Crippen LogP contribution in [0.3, 0.4) is 0 Å². The van der Waals surface area contributed by atoms with Crippen LogP contribution in [-0.4, -0.2) is 0 Å². The second kappa shape index (κ2) is 5.31. The van der Waals surface area contributed by atoms with E-state index in [9.17, 15) is 0 Å². The summed E-state index contributed by atoms with van der Waals surface area (Å²) in [4.78, 5) is 0.371. The average Bonchev–Trinajstić information content (AvgIpc) is 2.39. The van der Waals surface area contributed by atoms with Crippen LogP contribution in [0.2, 0.25) is 0 Å². The van der Waals surface area contributed by atoms with Crippen LogP contribution < -0.4 is 0 Å². The van der Waals surface area contributed by atoms with Crippen molar-refractivity contribution < 1.29 is 0 Å². The van der Waals surface area contributed by atoms with Crippen molar-refractivity contribution in [1.82, 2.24) is 0 Å². The lowest BCUT2D eigenvalue weighted by Crippen LogP contribution is -2.01. The first-order chi connectivity index (χ1) is 7.79. The number of hydrogen-bond donors (Lipinski definition) is 0. The van der Waals surface area contributed by atoms with Crippen molar-refractivity contribution in [1.29, 1.82) is 0 Å². The largest absolute Gasteiger partial charge is 0.0832 e. The molecule has 0 spiro atoms. The van der Waals surface area contributed by atoms with Gasteiger partial charge in [0.1, 0.15) is 0 Å². The molecule has 82 valence electrons. The highest BCUT2D eigenvalue weighted by Crippen LogP contribution is 2.37. The van der Waals surface area contributed by atoms with Crippen molar-refractivity contribution >= 4 is 15.9 Å². The van der Waals surface area contributed by atoms with Gasteiger partial charge in [0.05, 0.1) is 0 Å². The van der Waals surface area contributed by atoms with Crippen LogP contribution in [0.5, 0.6) is 0 Å². The molecule has 0 nitrogen and oxygen atoms in total. The summed E-state index contributed by atoms with van der Waals surface area (Å²) in [6.07, 6.45) is 0. The average molecular weight is 275 g/mol. The van der Waals surface area contributed by atoms with E-state index in [1.807, 2.05) is 0 Å². The van der Waals surface area contributed by atoms with Gasteiger partial charge in [0.15, 0.2) is 0 Å². The molecule has 0 saturated carbocycles. The Morgan fingerprint density at radius 1 is 0.750 bits per heavy atom. The molecule has 0 aliphatic carbocycles. The fraction of sp³-hybridized carbons (Fsp3) is 0.200. The predicted octanol–water partition coefficient (Wildman–Crippen LogP) is 4.93. The number of halogens is 1. The van der Waals surface area contributed by atoms with Crippen molar-refractivity contribution in [3.8, 4) is 0 Å². The highest BCUT2D eigenvalue weighted by Gasteiger charge is 2.16. The standard InChI is InChI=1S/C15H15Br/c1-12(13-8-4-2-5-9-13)15(16)14-10-6-3-7-11-14/h2-12,15H,1H3/t12-,15+/m1/s1. The van der Waals surface area contributed by atoms with Gasteiger partial charge in [-0.15, -0.1) is 0 Å². The smallest absolute Gasteiger partial charge is 0.0461 e. The summed E-state index contributed by atoms with van der Waals surface area (Å²) in [5.41, 5.74) is 2.70. The van der Waals surface area contributed by atoms with E-state index < -0.39 is 0 Å². The first-order valence-corrected chi connectivity index (χ1v) is 6.44. The van der Waals surface area contributed by atoms with Gasteiger partial charge in [-0.05, 0) is 17.0 Å². The highest BCUT2D eigenvalue weighted by molar-refractivity contribution is 9.09. The van der Waals surface area contributed by atoms with E-state index in [0.29, 0.717) is 10.7 Å². The summed E-state index contributed by atoms with van der Waals surface area (Å²) in [5, 5.41) is 0. The maximum atomic E-state index is 3.79. The normalized spacial score (nSPS) is 14.4. The van der Waals surface area contributed by atoms with E-state index in [1.165, 1.54) is 11.1 Å². The van der Waals surface area contributed by atoms with Crippen LogP contribution in [0, 0.1) is 0 Å². The van der Waals surface area contributed by atoms with Crippen molar-refractivity contribution in [3.05, 3.63) is 71.8 Å². The lowest BCUT2D eigenvalue weighted by molar-refractivity contribution is 0.752. The van der Waals surface area contributed by atoms with E-state index in [0.717, 1.165) is 0 Å². The fourth-order valence-electron chi connectivity index (χ4n) is 1.85. The lowest BCUT2D eigenvalue weighted by atomic mass is 9.94. The molecule has 0 N–H and O–H groups in total. The van der Waals surface area contributed by atoms with Crippen LogP contribution in [0.25, 0.3) is 0 Å². The minimum Gasteiger partial charge on any atom is -0.0832 e. The van der Waals surface area contributed by atoms with Crippen molar-refractivity contribution in [3.63, 3.8) is 0 Å². The summed E-state index contributed by atoms with van der Waals surface area (Å²) in [6, 6.07) is 21.2. The summed E-state index contributed by atoms with van der Waals surface area (Å²) >= 11 is 3.79. The zero-order valence-corrected chi connectivity index (χ0v) is 10.9. The molecular formula is C15H15Br. The maximum Gasteiger partial charge on any atom is 0.0461 e. The summed E-state index contributed by atoms with van der Waals surface area (Å²) < 4.78 is 0. The molecule has 0 heterocycles. The third-order valence-corrected chi connectivity index (χ3v) is 4.20. The monoisotopic (exact) mass is 274 g/mol. The Balaban J connectivity index is 2.20. The zero-order valence-electron chi connectivity index (χ0n) is 9.31. The lowest BCUT2D eigenvalue weighted by Gasteiger charge is -2.19. The van der Waals surface area contributed by atoms with Gasteiger partial charge in [-0.1, -0.05) is 83.5 Å². The molecule has 0 radical (unpaired) electrons. The second-order valence-electron chi connectivity index (χ2n) is 4.01. The molecule has 2 rings (SSSR count). The molecule has 2 atom stereocenters. The molecule has 0 unspecified atom stereocenters. The van der Waals surface area contributed by atoms with Crippen molar-refractivity contribution in [2.75, 3.05) is 0 Å². The van der Waals surface area contributed by atoms with Gasteiger partial charge in [-0.3, -0.25) is 0 Å². The predicted molar refractivity (Wildman–Crippen MR) is 73.0 cm³/mol. The van der Waals surface area contributed by atoms with E-state index in [-0.39, 0.29) is 0 Å². The SMILES string of the molecule is C[C@H](c1ccccc1)[C@H](Br)c1ccccc1. The maximum absolute atomic E-state index is 3.79. The molecular weight excluding hydrogens is 260 g/mol. The Bertz CT molecular complexity index is 378. The Hall–Kier alpha value is -1.08.